The van der Waals surface area contributed by atoms with Gasteiger partial charge in [0.25, 0.3) is 0 Å². The molecule has 0 unspecified atom stereocenters. The monoisotopic (exact) mass is 343 g/mol. The number of urea groups is 1. The van der Waals surface area contributed by atoms with Gasteiger partial charge in [0.05, 0.1) is 10.3 Å². The van der Waals surface area contributed by atoms with E-state index in [4.69, 9.17) is 0 Å². The molecule has 0 bridgehead atoms. The molecule has 1 aromatic rings. The number of thiophene rings is 1. The number of hydrogen-bond acceptors (Lipinski definition) is 3. The van der Waals surface area contributed by atoms with E-state index >= 15 is 0 Å². The summed E-state index contributed by atoms with van der Waals surface area (Å²) in [6.45, 7) is 4.56. The molecule has 2 aliphatic heterocycles. The van der Waals surface area contributed by atoms with Gasteiger partial charge >= 0.3 is 6.03 Å². The summed E-state index contributed by atoms with van der Waals surface area (Å²) < 4.78 is 1.13. The third-order valence-electron chi connectivity index (χ3n) is 3.85. The van der Waals surface area contributed by atoms with Crippen molar-refractivity contribution in [3.05, 3.63) is 20.8 Å². The molecule has 1 N–H and O–H groups in total. The minimum atomic E-state index is 0.219. The number of halogens is 1. The number of nitrogens with one attached hydrogen (secondary N) is 1. The molecule has 0 saturated carbocycles. The lowest BCUT2D eigenvalue weighted by Gasteiger charge is -2.31. The minimum absolute atomic E-state index is 0.219. The predicted molar refractivity (Wildman–Crippen MR) is 80.4 cm³/mol. The van der Waals surface area contributed by atoms with E-state index in [1.807, 2.05) is 11.0 Å². The molecule has 2 aliphatic rings. The molecular formula is C13H18BrN3OS. The molecule has 0 atom stereocenters. The molecule has 0 aromatic carbocycles. The van der Waals surface area contributed by atoms with Crippen molar-refractivity contribution in [1.29, 1.82) is 0 Å². The van der Waals surface area contributed by atoms with Gasteiger partial charge in [-0.3, -0.25) is 0 Å². The van der Waals surface area contributed by atoms with E-state index in [2.05, 4.69) is 32.2 Å². The van der Waals surface area contributed by atoms with E-state index in [1.54, 1.807) is 11.3 Å². The Balaban J connectivity index is 1.61. The second-order valence-electron chi connectivity index (χ2n) is 5.08. The lowest BCUT2D eigenvalue weighted by Crippen LogP contribution is -2.45. The topological polar surface area (TPSA) is 35.6 Å². The Morgan fingerprint density at radius 2 is 2.11 bits per heavy atom. The lowest BCUT2D eigenvalue weighted by molar-refractivity contribution is 0.165. The third kappa shape index (κ3) is 2.95. The fourth-order valence-electron chi connectivity index (χ4n) is 2.83. The fraction of sp³-hybridized carbons (Fsp3) is 0.615. The second-order valence-corrected chi connectivity index (χ2v) is 7.63. The number of nitrogens with zero attached hydrogens (tertiary/aromatic N) is 2. The molecular weight excluding hydrogens is 326 g/mol. The van der Waals surface area contributed by atoms with Crippen LogP contribution in [0, 0.1) is 0 Å². The molecule has 4 nitrogen and oxygen atoms in total. The summed E-state index contributed by atoms with van der Waals surface area (Å²) in [5.41, 5.74) is 0. The van der Waals surface area contributed by atoms with Crippen molar-refractivity contribution in [1.82, 2.24) is 15.1 Å². The normalized spacial score (nSPS) is 21.4. The minimum Gasteiger partial charge on any atom is -0.320 e. The first-order chi connectivity index (χ1) is 9.24. The van der Waals surface area contributed by atoms with E-state index in [0.717, 1.165) is 49.4 Å². The van der Waals surface area contributed by atoms with E-state index in [0.29, 0.717) is 6.04 Å². The maximum absolute atomic E-state index is 12.4. The van der Waals surface area contributed by atoms with Crippen LogP contribution in [0.15, 0.2) is 15.9 Å². The van der Waals surface area contributed by atoms with E-state index < -0.39 is 0 Å². The number of hydrogen-bond donors (Lipinski definition) is 1. The maximum Gasteiger partial charge on any atom is 0.320 e. The molecule has 0 aliphatic carbocycles. The molecule has 19 heavy (non-hydrogen) atoms. The summed E-state index contributed by atoms with van der Waals surface area (Å²) in [5.74, 6) is 0. The van der Waals surface area contributed by atoms with E-state index in [9.17, 15) is 4.79 Å². The Hall–Kier alpha value is -0.590. The fourth-order valence-corrected chi connectivity index (χ4v) is 4.33. The zero-order valence-corrected chi connectivity index (χ0v) is 13.2. The average molecular weight is 344 g/mol. The van der Waals surface area contributed by atoms with Gasteiger partial charge < -0.3 is 15.1 Å². The maximum atomic E-state index is 12.4. The summed E-state index contributed by atoms with van der Waals surface area (Å²) in [4.78, 5) is 17.7. The van der Waals surface area contributed by atoms with Crippen molar-refractivity contribution in [3.8, 4) is 0 Å². The first kappa shape index (κ1) is 13.4. The van der Waals surface area contributed by atoms with Gasteiger partial charge in [0.15, 0.2) is 0 Å². The smallest absolute Gasteiger partial charge is 0.320 e. The highest BCUT2D eigenvalue weighted by Gasteiger charge is 2.34. The van der Waals surface area contributed by atoms with Crippen LogP contribution < -0.4 is 5.32 Å². The number of carbonyl (C=O) groups excluding carboxylic acids is 1. The molecule has 0 radical (unpaired) electrons. The van der Waals surface area contributed by atoms with Gasteiger partial charge in [-0.05, 0) is 54.0 Å². The molecule has 2 amide bonds. The van der Waals surface area contributed by atoms with Crippen LogP contribution in [0.4, 0.5) is 4.79 Å². The van der Waals surface area contributed by atoms with Gasteiger partial charge in [-0.15, -0.1) is 11.3 Å². The first-order valence-electron chi connectivity index (χ1n) is 6.74. The van der Waals surface area contributed by atoms with Gasteiger partial charge in [0.1, 0.15) is 0 Å². The van der Waals surface area contributed by atoms with Crippen LogP contribution in [-0.4, -0.2) is 48.1 Å². The lowest BCUT2D eigenvalue weighted by atomic mass is 10.1. The predicted octanol–water partition coefficient (Wildman–Crippen LogP) is 2.50. The Kier molecular flexibility index (Phi) is 4.10. The van der Waals surface area contributed by atoms with Crippen LogP contribution >= 0.6 is 27.3 Å². The Labute approximate surface area is 125 Å². The van der Waals surface area contributed by atoms with Gasteiger partial charge in [-0.1, -0.05) is 0 Å². The van der Waals surface area contributed by atoms with Crippen LogP contribution in [-0.2, 0) is 6.54 Å². The Morgan fingerprint density at radius 1 is 1.32 bits per heavy atom. The van der Waals surface area contributed by atoms with Gasteiger partial charge in [-0.2, -0.15) is 0 Å². The number of piperidine rings is 1. The van der Waals surface area contributed by atoms with E-state index in [1.165, 1.54) is 4.88 Å². The van der Waals surface area contributed by atoms with Crippen LogP contribution in [0.3, 0.4) is 0 Å². The third-order valence-corrected chi connectivity index (χ3v) is 5.46. The van der Waals surface area contributed by atoms with Crippen molar-refractivity contribution in [2.45, 2.75) is 25.4 Å². The number of rotatable bonds is 3. The van der Waals surface area contributed by atoms with Crippen molar-refractivity contribution in [2.75, 3.05) is 26.2 Å². The quantitative estimate of drug-likeness (QED) is 0.915. The highest BCUT2D eigenvalue weighted by atomic mass is 79.9. The first-order valence-corrected chi connectivity index (χ1v) is 8.35. The van der Waals surface area contributed by atoms with Crippen LogP contribution in [0.1, 0.15) is 17.7 Å². The SMILES string of the molecule is O=C1N(Cc2ccc(Br)s2)CCN1C1CCNCC1. The summed E-state index contributed by atoms with van der Waals surface area (Å²) in [5, 5.41) is 3.35. The molecule has 6 heteroatoms. The highest BCUT2D eigenvalue weighted by molar-refractivity contribution is 9.11. The molecule has 104 valence electrons. The van der Waals surface area contributed by atoms with Crippen molar-refractivity contribution >= 4 is 33.3 Å². The molecule has 3 rings (SSSR count). The highest BCUT2D eigenvalue weighted by Crippen LogP contribution is 2.26. The summed E-state index contributed by atoms with van der Waals surface area (Å²) >= 11 is 5.18. The largest absolute Gasteiger partial charge is 0.320 e. The Bertz CT molecular complexity index is 458. The van der Waals surface area contributed by atoms with Crippen molar-refractivity contribution < 1.29 is 4.79 Å². The summed E-state index contributed by atoms with van der Waals surface area (Å²) in [6.07, 6.45) is 2.17. The summed E-state index contributed by atoms with van der Waals surface area (Å²) in [6, 6.07) is 4.80. The molecule has 3 heterocycles. The van der Waals surface area contributed by atoms with Crippen molar-refractivity contribution in [2.24, 2.45) is 0 Å². The van der Waals surface area contributed by atoms with Gasteiger partial charge in [-0.25, -0.2) is 4.79 Å². The summed E-state index contributed by atoms with van der Waals surface area (Å²) in [7, 11) is 0. The average Bonchev–Trinajstić information content (AvgIpc) is 2.99. The molecule has 0 spiro atoms. The van der Waals surface area contributed by atoms with Crippen molar-refractivity contribution in [3.63, 3.8) is 0 Å². The zero-order valence-electron chi connectivity index (χ0n) is 10.8. The second kappa shape index (κ2) is 5.81. The molecule has 2 fully saturated rings. The molecule has 1 aromatic heterocycles. The van der Waals surface area contributed by atoms with Gasteiger partial charge in [0, 0.05) is 24.0 Å². The number of amides is 2. The van der Waals surface area contributed by atoms with Crippen LogP contribution in [0.5, 0.6) is 0 Å². The standard InChI is InChI=1S/C13H18BrN3OS/c14-12-2-1-11(19-12)9-16-7-8-17(13(16)18)10-3-5-15-6-4-10/h1-2,10,15H,3-9H2. The molecule has 2 saturated heterocycles. The Morgan fingerprint density at radius 3 is 2.79 bits per heavy atom. The van der Waals surface area contributed by atoms with E-state index in [-0.39, 0.29) is 6.03 Å². The van der Waals surface area contributed by atoms with Crippen LogP contribution in [0.25, 0.3) is 0 Å². The zero-order chi connectivity index (χ0) is 13.2. The van der Waals surface area contributed by atoms with Gasteiger partial charge in [0.2, 0.25) is 0 Å². The van der Waals surface area contributed by atoms with Crippen LogP contribution in [0.2, 0.25) is 0 Å². The number of carbonyl (C=O) groups is 1.